The van der Waals surface area contributed by atoms with Crippen molar-refractivity contribution in [3.8, 4) is 55.1 Å². The number of aromatic nitrogens is 4. The van der Waals surface area contributed by atoms with E-state index < -0.39 is 0 Å². The molecular weight excluding hydrogens is 593 g/mol. The third kappa shape index (κ3) is 4.94. The Kier molecular flexibility index (Phi) is 6.61. The van der Waals surface area contributed by atoms with Crippen molar-refractivity contribution in [2.45, 2.75) is 0 Å². The normalized spacial score (nSPS) is 11.4. The van der Waals surface area contributed by atoms with Gasteiger partial charge in [-0.3, -0.25) is 15.0 Å². The fourth-order valence-electron chi connectivity index (χ4n) is 6.41. The molecule has 0 aliphatic rings. The second kappa shape index (κ2) is 11.4. The maximum Gasteiger partial charge on any atom is 0.124 e. The van der Waals surface area contributed by atoms with E-state index in [1.807, 2.05) is 36.9 Å². The highest BCUT2D eigenvalue weighted by atomic mass is 32.1. The molecule has 47 heavy (non-hydrogen) atoms. The first-order valence-electron chi connectivity index (χ1n) is 15.5. The third-order valence-corrected chi connectivity index (χ3v) is 9.82. The van der Waals surface area contributed by atoms with Crippen molar-refractivity contribution >= 4 is 43.2 Å². The van der Waals surface area contributed by atoms with Gasteiger partial charge in [-0.1, -0.05) is 91.0 Å². The molecule has 9 rings (SSSR count). The molecule has 0 aliphatic carbocycles. The molecule has 0 amide bonds. The summed E-state index contributed by atoms with van der Waals surface area (Å²) in [5.41, 5.74) is 12.3. The number of fused-ring (bicyclic) bond motifs is 3. The summed E-state index contributed by atoms with van der Waals surface area (Å²) in [7, 11) is 0. The smallest absolute Gasteiger partial charge is 0.124 e. The van der Waals surface area contributed by atoms with Gasteiger partial charge in [0.05, 0.1) is 15.7 Å². The summed E-state index contributed by atoms with van der Waals surface area (Å²) in [4.78, 5) is 18.6. The summed E-state index contributed by atoms with van der Waals surface area (Å²) in [5, 5.41) is 4.42. The third-order valence-electron chi connectivity index (χ3n) is 8.77. The minimum atomic E-state index is 0.972. The van der Waals surface area contributed by atoms with E-state index >= 15 is 0 Å². The Bertz CT molecular complexity index is 2540. The molecule has 5 heteroatoms. The maximum atomic E-state index is 5.29. The lowest BCUT2D eigenvalue weighted by molar-refractivity contribution is 1.33. The number of pyridine rings is 3. The zero-order chi connectivity index (χ0) is 31.2. The second-order valence-corrected chi connectivity index (χ2v) is 12.6. The van der Waals surface area contributed by atoms with Gasteiger partial charge < -0.3 is 0 Å². The van der Waals surface area contributed by atoms with Crippen LogP contribution in [0.4, 0.5) is 0 Å². The van der Waals surface area contributed by atoms with Crippen molar-refractivity contribution in [1.82, 2.24) is 19.9 Å². The molecule has 0 aliphatic heterocycles. The van der Waals surface area contributed by atoms with E-state index in [1.165, 1.54) is 22.1 Å². The lowest BCUT2D eigenvalue weighted by Gasteiger charge is -2.12. The first-order chi connectivity index (χ1) is 23.3. The first-order valence-corrected chi connectivity index (χ1v) is 16.3. The Morgan fingerprint density at radius 2 is 1.21 bits per heavy atom. The van der Waals surface area contributed by atoms with Crippen LogP contribution in [0.2, 0.25) is 0 Å². The minimum absolute atomic E-state index is 0.972. The lowest BCUT2D eigenvalue weighted by Crippen LogP contribution is -1.89. The Hall–Kier alpha value is -6.04. The number of hydrogen-bond acceptors (Lipinski definition) is 5. The van der Waals surface area contributed by atoms with Crippen LogP contribution in [0.1, 0.15) is 0 Å². The summed E-state index contributed by atoms with van der Waals surface area (Å²) < 4.78 is 1.15. The topological polar surface area (TPSA) is 51.6 Å². The van der Waals surface area contributed by atoms with Crippen molar-refractivity contribution in [2.24, 2.45) is 0 Å². The average Bonchev–Trinajstić information content (AvgIpc) is 3.59. The van der Waals surface area contributed by atoms with Gasteiger partial charge in [0, 0.05) is 52.9 Å². The molecular formula is C42H26N4S. The van der Waals surface area contributed by atoms with Gasteiger partial charge in [-0.2, -0.15) is 0 Å². The van der Waals surface area contributed by atoms with E-state index in [1.54, 1.807) is 17.5 Å². The summed E-state index contributed by atoms with van der Waals surface area (Å²) in [6, 6.07) is 45.0. The molecule has 0 fully saturated rings. The standard InChI is InChI=1S/C42H26N4S/c1-2-9-39-37(7-1)36(19-22-45-39)38-23-33(34-8-3-5-32-26-44-21-18-35(32)34)24-40-41(38)46-42(47-40)30-16-14-28(15-17-30)27-10-12-29(13-11-27)31-6-4-20-43-25-31/h1-26H. The van der Waals surface area contributed by atoms with Gasteiger partial charge in [-0.25, -0.2) is 4.98 Å². The molecule has 0 N–H and O–H groups in total. The van der Waals surface area contributed by atoms with Crippen LogP contribution in [0.3, 0.4) is 0 Å². The van der Waals surface area contributed by atoms with E-state index in [0.717, 1.165) is 64.9 Å². The lowest BCUT2D eigenvalue weighted by atomic mass is 9.94. The van der Waals surface area contributed by atoms with E-state index in [4.69, 9.17) is 4.98 Å². The van der Waals surface area contributed by atoms with Gasteiger partial charge in [0.25, 0.3) is 0 Å². The molecule has 0 bridgehead atoms. The van der Waals surface area contributed by atoms with E-state index in [-0.39, 0.29) is 0 Å². The van der Waals surface area contributed by atoms with Crippen molar-refractivity contribution in [3.63, 3.8) is 0 Å². The molecule has 0 saturated heterocycles. The summed E-state index contributed by atoms with van der Waals surface area (Å²) in [6.45, 7) is 0. The Morgan fingerprint density at radius 1 is 0.447 bits per heavy atom. The fraction of sp³-hybridized carbons (Fsp3) is 0. The summed E-state index contributed by atoms with van der Waals surface area (Å²) >= 11 is 1.74. The van der Waals surface area contributed by atoms with Gasteiger partial charge in [-0.15, -0.1) is 11.3 Å². The van der Waals surface area contributed by atoms with Crippen molar-refractivity contribution < 1.29 is 0 Å². The molecule has 0 radical (unpaired) electrons. The number of hydrogen-bond donors (Lipinski definition) is 0. The first kappa shape index (κ1) is 27.3. The summed E-state index contributed by atoms with van der Waals surface area (Å²) in [5.74, 6) is 0. The molecule has 4 aromatic heterocycles. The molecule has 4 nitrogen and oxygen atoms in total. The highest BCUT2D eigenvalue weighted by molar-refractivity contribution is 7.21. The minimum Gasteiger partial charge on any atom is -0.264 e. The van der Waals surface area contributed by atoms with Crippen molar-refractivity contribution in [3.05, 3.63) is 158 Å². The van der Waals surface area contributed by atoms with Gasteiger partial charge in [0.15, 0.2) is 0 Å². The zero-order valence-electron chi connectivity index (χ0n) is 25.2. The number of nitrogens with zero attached hydrogens (tertiary/aromatic N) is 4. The molecule has 5 aromatic carbocycles. The number of thiazole rings is 1. The monoisotopic (exact) mass is 618 g/mol. The van der Waals surface area contributed by atoms with Crippen LogP contribution < -0.4 is 0 Å². The SMILES string of the molecule is c1cncc(-c2ccc(-c3ccc(-c4nc5c(-c6ccnc7ccccc67)cc(-c6cccc7cnccc67)cc5s4)cc3)cc2)c1. The van der Waals surface area contributed by atoms with Crippen LogP contribution >= 0.6 is 11.3 Å². The Labute approximate surface area is 275 Å². The molecule has 9 aromatic rings. The second-order valence-electron chi connectivity index (χ2n) is 11.6. The average molecular weight is 619 g/mol. The van der Waals surface area contributed by atoms with E-state index in [9.17, 15) is 0 Å². The predicted octanol–water partition coefficient (Wildman–Crippen LogP) is 11.1. The maximum absolute atomic E-state index is 5.29. The van der Waals surface area contributed by atoms with Gasteiger partial charge in [0.1, 0.15) is 5.01 Å². The van der Waals surface area contributed by atoms with Crippen LogP contribution in [0.5, 0.6) is 0 Å². The molecule has 0 unspecified atom stereocenters. The fourth-order valence-corrected chi connectivity index (χ4v) is 7.45. The van der Waals surface area contributed by atoms with E-state index in [2.05, 4.69) is 130 Å². The van der Waals surface area contributed by atoms with Gasteiger partial charge in [0.2, 0.25) is 0 Å². The molecule has 4 heterocycles. The highest BCUT2D eigenvalue weighted by Gasteiger charge is 2.17. The molecule has 0 spiro atoms. The number of benzene rings is 5. The van der Waals surface area contributed by atoms with Gasteiger partial charge >= 0.3 is 0 Å². The van der Waals surface area contributed by atoms with Crippen LogP contribution in [0, 0.1) is 0 Å². The van der Waals surface area contributed by atoms with Crippen LogP contribution in [0.15, 0.2) is 158 Å². The molecule has 220 valence electrons. The molecule has 0 saturated carbocycles. The Balaban J connectivity index is 1.16. The van der Waals surface area contributed by atoms with Gasteiger partial charge in [-0.05, 0) is 80.7 Å². The largest absolute Gasteiger partial charge is 0.264 e. The predicted molar refractivity (Wildman–Crippen MR) is 195 cm³/mol. The molecule has 0 atom stereocenters. The highest BCUT2D eigenvalue weighted by Crippen LogP contribution is 2.42. The van der Waals surface area contributed by atoms with E-state index in [0.29, 0.717) is 0 Å². The number of para-hydroxylation sites is 1. The van der Waals surface area contributed by atoms with Crippen LogP contribution in [-0.4, -0.2) is 19.9 Å². The quantitative estimate of drug-likeness (QED) is 0.193. The number of rotatable bonds is 5. The Morgan fingerprint density at radius 3 is 2.02 bits per heavy atom. The van der Waals surface area contributed by atoms with Crippen LogP contribution in [0.25, 0.3) is 87.0 Å². The summed E-state index contributed by atoms with van der Waals surface area (Å²) in [6.07, 6.45) is 9.39. The zero-order valence-corrected chi connectivity index (χ0v) is 26.0. The van der Waals surface area contributed by atoms with Crippen molar-refractivity contribution in [2.75, 3.05) is 0 Å². The van der Waals surface area contributed by atoms with Crippen LogP contribution in [-0.2, 0) is 0 Å². The van der Waals surface area contributed by atoms with Crippen molar-refractivity contribution in [1.29, 1.82) is 0 Å².